The number of carbonyl (C=O) groups is 1. The van der Waals surface area contributed by atoms with Gasteiger partial charge in [0.05, 0.1) is 31.6 Å². The molecule has 2 aromatic carbocycles. The Morgan fingerprint density at radius 3 is 2.78 bits per heavy atom. The fraction of sp³-hybridized carbons (Fsp3) is 0.238. The maximum Gasteiger partial charge on any atom is 0.276 e. The van der Waals surface area contributed by atoms with Gasteiger partial charge < -0.3 is 14.8 Å². The largest absolute Gasteiger partial charge is 0.495 e. The van der Waals surface area contributed by atoms with Crippen LogP contribution in [0.1, 0.15) is 33.4 Å². The molecule has 6 nitrogen and oxygen atoms in total. The van der Waals surface area contributed by atoms with Gasteiger partial charge in [0.15, 0.2) is 5.69 Å². The van der Waals surface area contributed by atoms with E-state index in [1.807, 2.05) is 16.8 Å². The zero-order valence-electron chi connectivity index (χ0n) is 15.3. The summed E-state index contributed by atoms with van der Waals surface area (Å²) < 4.78 is 13.1. The lowest BCUT2D eigenvalue weighted by atomic mass is 10.1. The van der Waals surface area contributed by atoms with Gasteiger partial charge in [-0.25, -0.2) is 0 Å². The van der Waals surface area contributed by atoms with Crippen molar-refractivity contribution in [2.24, 2.45) is 0 Å². The van der Waals surface area contributed by atoms with Crippen LogP contribution in [0.3, 0.4) is 0 Å². The van der Waals surface area contributed by atoms with E-state index < -0.39 is 0 Å². The molecule has 1 atom stereocenters. The second-order valence-corrected chi connectivity index (χ2v) is 6.57. The number of amides is 1. The van der Waals surface area contributed by atoms with Crippen LogP contribution in [0.2, 0.25) is 0 Å². The Hall–Kier alpha value is -3.12. The van der Waals surface area contributed by atoms with Crippen LogP contribution in [0.4, 0.5) is 5.69 Å². The summed E-state index contributed by atoms with van der Waals surface area (Å²) in [5.41, 5.74) is 4.20. The predicted octanol–water partition coefficient (Wildman–Crippen LogP) is 3.72. The summed E-state index contributed by atoms with van der Waals surface area (Å²) in [7, 11) is 1.57. The standard InChI is InChI=1S/C21H21N3O3/c1-14-7-9-15(10-8-14)20-12-24-16(13-27-20)11-18(23-24)21(25)22-17-5-3-4-6-19(17)26-2/h3-11,20H,12-13H2,1-2H3,(H,22,25). The molecule has 0 saturated carbocycles. The number of benzene rings is 2. The number of hydrogen-bond donors (Lipinski definition) is 1. The fourth-order valence-corrected chi connectivity index (χ4v) is 3.15. The van der Waals surface area contributed by atoms with Crippen molar-refractivity contribution in [3.05, 3.63) is 77.1 Å². The number of nitrogens with zero attached hydrogens (tertiary/aromatic N) is 2. The van der Waals surface area contributed by atoms with Crippen LogP contribution in [-0.4, -0.2) is 22.8 Å². The molecule has 1 aliphatic rings. The molecule has 1 aliphatic heterocycles. The zero-order chi connectivity index (χ0) is 18.8. The molecule has 6 heteroatoms. The molecule has 1 aromatic heterocycles. The van der Waals surface area contributed by atoms with Crippen molar-refractivity contribution in [2.45, 2.75) is 26.2 Å². The summed E-state index contributed by atoms with van der Waals surface area (Å²) in [5, 5.41) is 7.33. The van der Waals surface area contributed by atoms with E-state index >= 15 is 0 Å². The molecule has 4 rings (SSSR count). The second-order valence-electron chi connectivity index (χ2n) is 6.57. The van der Waals surface area contributed by atoms with Gasteiger partial charge in [-0.2, -0.15) is 5.10 Å². The third kappa shape index (κ3) is 3.57. The van der Waals surface area contributed by atoms with Gasteiger partial charge in [0.2, 0.25) is 0 Å². The highest BCUT2D eigenvalue weighted by atomic mass is 16.5. The molecule has 1 unspecified atom stereocenters. The molecule has 1 N–H and O–H groups in total. The Labute approximate surface area is 157 Å². The highest BCUT2D eigenvalue weighted by molar-refractivity contribution is 6.03. The lowest BCUT2D eigenvalue weighted by molar-refractivity contribution is -0.00119. The first kappa shape index (κ1) is 17.3. The van der Waals surface area contributed by atoms with E-state index in [2.05, 4.69) is 41.6 Å². The smallest absolute Gasteiger partial charge is 0.276 e. The zero-order valence-corrected chi connectivity index (χ0v) is 15.3. The van der Waals surface area contributed by atoms with Crippen LogP contribution in [0.25, 0.3) is 0 Å². The molecule has 0 aliphatic carbocycles. The summed E-state index contributed by atoms with van der Waals surface area (Å²) in [4.78, 5) is 12.6. The van der Waals surface area contributed by atoms with Gasteiger partial charge in [-0.1, -0.05) is 42.0 Å². The van der Waals surface area contributed by atoms with Gasteiger partial charge in [-0.15, -0.1) is 0 Å². The monoisotopic (exact) mass is 363 g/mol. The van der Waals surface area contributed by atoms with Gasteiger partial charge in [-0.05, 0) is 30.7 Å². The summed E-state index contributed by atoms with van der Waals surface area (Å²) in [6.45, 7) is 3.07. The average Bonchev–Trinajstić information content (AvgIpc) is 3.12. The van der Waals surface area contributed by atoms with E-state index in [0.717, 1.165) is 11.3 Å². The fourth-order valence-electron chi connectivity index (χ4n) is 3.15. The van der Waals surface area contributed by atoms with Crippen molar-refractivity contribution in [3.63, 3.8) is 0 Å². The minimum Gasteiger partial charge on any atom is -0.495 e. The molecule has 0 radical (unpaired) electrons. The minimum absolute atomic E-state index is 0.0665. The normalized spacial score (nSPS) is 15.9. The van der Waals surface area contributed by atoms with Crippen molar-refractivity contribution in [1.82, 2.24) is 9.78 Å². The van der Waals surface area contributed by atoms with E-state index in [4.69, 9.17) is 9.47 Å². The number of para-hydroxylation sites is 2. The van der Waals surface area contributed by atoms with Crippen molar-refractivity contribution < 1.29 is 14.3 Å². The highest BCUT2D eigenvalue weighted by Crippen LogP contribution is 2.28. The van der Waals surface area contributed by atoms with Gasteiger partial charge in [0, 0.05) is 0 Å². The Morgan fingerprint density at radius 1 is 1.22 bits per heavy atom. The second kappa shape index (κ2) is 7.25. The van der Waals surface area contributed by atoms with E-state index in [-0.39, 0.29) is 12.0 Å². The topological polar surface area (TPSA) is 65.4 Å². The number of nitrogens with one attached hydrogen (secondary N) is 1. The van der Waals surface area contributed by atoms with Crippen LogP contribution in [0.15, 0.2) is 54.6 Å². The maximum absolute atomic E-state index is 12.6. The van der Waals surface area contributed by atoms with Crippen molar-refractivity contribution >= 4 is 11.6 Å². The lowest BCUT2D eigenvalue weighted by Gasteiger charge is -2.24. The highest BCUT2D eigenvalue weighted by Gasteiger charge is 2.24. The van der Waals surface area contributed by atoms with Crippen LogP contribution in [0, 0.1) is 6.92 Å². The third-order valence-electron chi connectivity index (χ3n) is 4.67. The summed E-state index contributed by atoms with van der Waals surface area (Å²) >= 11 is 0. The SMILES string of the molecule is COc1ccccc1NC(=O)c1cc2n(n1)CC(c1ccc(C)cc1)OC2. The average molecular weight is 363 g/mol. The molecule has 1 amide bonds. The molecule has 27 heavy (non-hydrogen) atoms. The van der Waals surface area contributed by atoms with Crippen LogP contribution < -0.4 is 10.1 Å². The van der Waals surface area contributed by atoms with Gasteiger partial charge >= 0.3 is 0 Å². The first-order valence-electron chi connectivity index (χ1n) is 8.83. The number of methoxy groups -OCH3 is 1. The number of aryl methyl sites for hydroxylation is 1. The molecule has 3 aromatic rings. The predicted molar refractivity (Wildman–Crippen MR) is 102 cm³/mol. The number of fused-ring (bicyclic) bond motifs is 1. The van der Waals surface area contributed by atoms with Gasteiger partial charge in [0.25, 0.3) is 5.91 Å². The van der Waals surface area contributed by atoms with E-state index in [9.17, 15) is 4.79 Å². The Balaban J connectivity index is 1.51. The van der Waals surface area contributed by atoms with Crippen molar-refractivity contribution in [1.29, 1.82) is 0 Å². The summed E-state index contributed by atoms with van der Waals surface area (Å²) in [5.74, 6) is 0.339. The minimum atomic E-state index is -0.270. The summed E-state index contributed by atoms with van der Waals surface area (Å²) in [6, 6.07) is 17.4. The van der Waals surface area contributed by atoms with Crippen molar-refractivity contribution in [3.8, 4) is 5.75 Å². The Morgan fingerprint density at radius 2 is 2.00 bits per heavy atom. The number of rotatable bonds is 4. The van der Waals surface area contributed by atoms with Gasteiger partial charge in [-0.3, -0.25) is 9.48 Å². The Kier molecular flexibility index (Phi) is 4.64. The van der Waals surface area contributed by atoms with Crippen LogP contribution in [0.5, 0.6) is 5.75 Å². The quantitative estimate of drug-likeness (QED) is 0.767. The summed E-state index contributed by atoms with van der Waals surface area (Å²) in [6.07, 6.45) is -0.0665. The number of hydrogen-bond acceptors (Lipinski definition) is 4. The van der Waals surface area contributed by atoms with Gasteiger partial charge in [0.1, 0.15) is 11.9 Å². The molecular weight excluding hydrogens is 342 g/mol. The number of anilines is 1. The first-order valence-corrected chi connectivity index (χ1v) is 8.83. The molecule has 0 fully saturated rings. The molecular formula is C21H21N3O3. The Bertz CT molecular complexity index is 963. The molecule has 0 saturated heterocycles. The van der Waals surface area contributed by atoms with E-state index in [0.29, 0.717) is 30.3 Å². The third-order valence-corrected chi connectivity index (χ3v) is 4.67. The van der Waals surface area contributed by atoms with E-state index in [1.54, 1.807) is 25.3 Å². The van der Waals surface area contributed by atoms with Crippen LogP contribution >= 0.6 is 0 Å². The molecule has 138 valence electrons. The van der Waals surface area contributed by atoms with E-state index in [1.165, 1.54) is 5.56 Å². The number of ether oxygens (including phenoxy) is 2. The number of carbonyl (C=O) groups excluding carboxylic acids is 1. The lowest BCUT2D eigenvalue weighted by Crippen LogP contribution is -2.22. The van der Waals surface area contributed by atoms with Crippen molar-refractivity contribution in [2.75, 3.05) is 12.4 Å². The maximum atomic E-state index is 12.6. The number of aromatic nitrogens is 2. The first-order chi connectivity index (χ1) is 13.1. The molecule has 0 spiro atoms. The molecule has 0 bridgehead atoms. The molecule has 2 heterocycles. The van der Waals surface area contributed by atoms with Crippen LogP contribution in [-0.2, 0) is 17.9 Å².